The minimum Gasteiger partial charge on any atom is -0.375 e. The third kappa shape index (κ3) is 4.01. The summed E-state index contributed by atoms with van der Waals surface area (Å²) in [6.45, 7) is 8.10. The molecule has 1 aliphatic heterocycles. The Hall–Kier alpha value is -1.55. The zero-order valence-corrected chi connectivity index (χ0v) is 14.1. The van der Waals surface area contributed by atoms with Crippen molar-refractivity contribution in [3.05, 3.63) is 29.8 Å². The van der Waals surface area contributed by atoms with E-state index in [-0.39, 0.29) is 5.91 Å². The van der Waals surface area contributed by atoms with Crippen molar-refractivity contribution in [2.24, 2.45) is 0 Å². The Kier molecular flexibility index (Phi) is 6.25. The van der Waals surface area contributed by atoms with Gasteiger partial charge in [-0.25, -0.2) is 0 Å². The van der Waals surface area contributed by atoms with Crippen molar-refractivity contribution >= 4 is 11.6 Å². The molecular weight excluding hydrogens is 274 g/mol. The van der Waals surface area contributed by atoms with E-state index < -0.39 is 0 Å². The summed E-state index contributed by atoms with van der Waals surface area (Å²) in [4.78, 5) is 17.1. The molecule has 1 unspecified atom stereocenters. The lowest BCUT2D eigenvalue weighted by Gasteiger charge is -2.28. The lowest BCUT2D eigenvalue weighted by molar-refractivity contribution is 0.0692. The van der Waals surface area contributed by atoms with Gasteiger partial charge in [-0.1, -0.05) is 13.8 Å². The molecule has 1 aromatic rings. The fourth-order valence-corrected chi connectivity index (χ4v) is 3.09. The minimum absolute atomic E-state index is 0.167. The summed E-state index contributed by atoms with van der Waals surface area (Å²) in [5.74, 6) is 0.167. The Bertz CT molecular complexity index is 466. The first kappa shape index (κ1) is 16.8. The molecule has 0 radical (unpaired) electrons. The lowest BCUT2D eigenvalue weighted by Crippen LogP contribution is -2.42. The summed E-state index contributed by atoms with van der Waals surface area (Å²) in [6.07, 6.45) is 3.18. The zero-order valence-electron chi connectivity index (χ0n) is 14.1. The van der Waals surface area contributed by atoms with Crippen LogP contribution in [-0.2, 0) is 0 Å². The van der Waals surface area contributed by atoms with E-state index in [0.29, 0.717) is 6.04 Å². The first-order chi connectivity index (χ1) is 10.7. The maximum absolute atomic E-state index is 12.8. The van der Waals surface area contributed by atoms with Gasteiger partial charge in [0.1, 0.15) is 0 Å². The van der Waals surface area contributed by atoms with Crippen molar-refractivity contribution in [2.75, 3.05) is 38.1 Å². The van der Waals surface area contributed by atoms with Gasteiger partial charge in [0.25, 0.3) is 5.91 Å². The Morgan fingerprint density at radius 2 is 1.86 bits per heavy atom. The minimum atomic E-state index is 0.167. The Morgan fingerprint density at radius 3 is 2.41 bits per heavy atom. The molecule has 4 nitrogen and oxygen atoms in total. The molecule has 1 N–H and O–H groups in total. The second-order valence-electron chi connectivity index (χ2n) is 6.11. The van der Waals surface area contributed by atoms with Gasteiger partial charge in [-0.05, 0) is 50.1 Å². The van der Waals surface area contributed by atoms with Gasteiger partial charge in [0.2, 0.25) is 0 Å². The monoisotopic (exact) mass is 303 g/mol. The number of hydrogen-bond donors (Lipinski definition) is 1. The van der Waals surface area contributed by atoms with Crippen LogP contribution in [0.25, 0.3) is 0 Å². The molecule has 1 atom stereocenters. The molecule has 2 rings (SSSR count). The van der Waals surface area contributed by atoms with E-state index in [1.165, 1.54) is 5.69 Å². The number of rotatable bonds is 7. The van der Waals surface area contributed by atoms with Crippen molar-refractivity contribution in [3.63, 3.8) is 0 Å². The van der Waals surface area contributed by atoms with Crippen LogP contribution in [0.2, 0.25) is 0 Å². The number of benzene rings is 1. The van der Waals surface area contributed by atoms with Crippen LogP contribution < -0.4 is 10.2 Å². The molecule has 1 saturated heterocycles. The van der Waals surface area contributed by atoms with Gasteiger partial charge in [0.05, 0.1) is 0 Å². The normalized spacial score (nSPS) is 17.5. The third-order valence-corrected chi connectivity index (χ3v) is 4.31. The van der Waals surface area contributed by atoms with Crippen LogP contribution in [0, 0.1) is 0 Å². The van der Waals surface area contributed by atoms with Gasteiger partial charge in [-0.3, -0.25) is 4.79 Å². The maximum atomic E-state index is 12.8. The van der Waals surface area contributed by atoms with Gasteiger partial charge in [-0.15, -0.1) is 0 Å². The molecule has 0 bridgehead atoms. The molecule has 0 aromatic heterocycles. The molecule has 22 heavy (non-hydrogen) atoms. The average Bonchev–Trinajstić information content (AvgIpc) is 3.06. The van der Waals surface area contributed by atoms with E-state index >= 15 is 0 Å². The Balaban J connectivity index is 2.09. The fraction of sp³-hybridized carbons (Fsp3) is 0.611. The predicted molar refractivity (Wildman–Crippen MR) is 92.6 cm³/mol. The molecule has 1 aliphatic rings. The van der Waals surface area contributed by atoms with Crippen LogP contribution in [-0.4, -0.2) is 50.1 Å². The van der Waals surface area contributed by atoms with Crippen molar-refractivity contribution < 1.29 is 4.79 Å². The molecule has 0 aliphatic carbocycles. The standard InChI is InChI=1S/C18H29N3O/c1-4-12-20(3)16-8-6-15(7-9-16)18(22)21(13-5-2)17-10-11-19-14-17/h6-9,17,19H,4-5,10-14H2,1-3H3. The SMILES string of the molecule is CCCN(C)c1ccc(C(=O)N(CCC)C2CCNC2)cc1. The number of amides is 1. The van der Waals surface area contributed by atoms with Crippen molar-refractivity contribution in [3.8, 4) is 0 Å². The summed E-state index contributed by atoms with van der Waals surface area (Å²) in [5.41, 5.74) is 1.97. The topological polar surface area (TPSA) is 35.6 Å². The predicted octanol–water partition coefficient (Wildman–Crippen LogP) is 2.75. The Morgan fingerprint density at radius 1 is 1.18 bits per heavy atom. The number of anilines is 1. The number of nitrogens with zero attached hydrogens (tertiary/aromatic N) is 2. The van der Waals surface area contributed by atoms with Gasteiger partial charge in [0, 0.05) is 44.0 Å². The van der Waals surface area contributed by atoms with Crippen molar-refractivity contribution in [2.45, 2.75) is 39.2 Å². The van der Waals surface area contributed by atoms with E-state index in [1.807, 2.05) is 17.0 Å². The number of carbonyl (C=O) groups is 1. The number of nitrogens with one attached hydrogen (secondary N) is 1. The molecule has 1 heterocycles. The van der Waals surface area contributed by atoms with Gasteiger partial charge < -0.3 is 15.1 Å². The fourth-order valence-electron chi connectivity index (χ4n) is 3.09. The smallest absolute Gasteiger partial charge is 0.254 e. The van der Waals surface area contributed by atoms with E-state index in [9.17, 15) is 4.79 Å². The Labute approximate surface area is 134 Å². The highest BCUT2D eigenvalue weighted by atomic mass is 16.2. The molecule has 0 saturated carbocycles. The largest absolute Gasteiger partial charge is 0.375 e. The van der Waals surface area contributed by atoms with E-state index in [1.54, 1.807) is 0 Å². The quantitative estimate of drug-likeness (QED) is 0.841. The first-order valence-corrected chi connectivity index (χ1v) is 8.50. The van der Waals surface area contributed by atoms with Crippen LogP contribution in [0.5, 0.6) is 0 Å². The maximum Gasteiger partial charge on any atom is 0.254 e. The van der Waals surface area contributed by atoms with Gasteiger partial charge in [0.15, 0.2) is 0 Å². The molecule has 1 fully saturated rings. The van der Waals surface area contributed by atoms with Crippen LogP contribution in [0.15, 0.2) is 24.3 Å². The van der Waals surface area contributed by atoms with Crippen LogP contribution in [0.1, 0.15) is 43.5 Å². The van der Waals surface area contributed by atoms with Crippen LogP contribution >= 0.6 is 0 Å². The summed E-state index contributed by atoms with van der Waals surface area (Å²) >= 11 is 0. The zero-order chi connectivity index (χ0) is 15.9. The highest BCUT2D eigenvalue weighted by Gasteiger charge is 2.26. The lowest BCUT2D eigenvalue weighted by atomic mass is 10.1. The van der Waals surface area contributed by atoms with Gasteiger partial charge in [-0.2, -0.15) is 0 Å². The molecule has 1 aromatic carbocycles. The van der Waals surface area contributed by atoms with E-state index in [0.717, 1.165) is 51.0 Å². The highest BCUT2D eigenvalue weighted by Crippen LogP contribution is 2.18. The first-order valence-electron chi connectivity index (χ1n) is 8.50. The van der Waals surface area contributed by atoms with Crippen LogP contribution in [0.3, 0.4) is 0 Å². The molecule has 122 valence electrons. The van der Waals surface area contributed by atoms with E-state index in [2.05, 4.69) is 43.2 Å². The molecule has 1 amide bonds. The summed E-state index contributed by atoms with van der Waals surface area (Å²) in [6, 6.07) is 8.39. The van der Waals surface area contributed by atoms with Crippen LogP contribution in [0.4, 0.5) is 5.69 Å². The highest BCUT2D eigenvalue weighted by molar-refractivity contribution is 5.94. The molecule has 0 spiro atoms. The second-order valence-corrected chi connectivity index (χ2v) is 6.11. The molecule has 4 heteroatoms. The second kappa shape index (κ2) is 8.18. The third-order valence-electron chi connectivity index (χ3n) is 4.31. The van der Waals surface area contributed by atoms with E-state index in [4.69, 9.17) is 0 Å². The summed E-state index contributed by atoms with van der Waals surface area (Å²) in [5, 5.41) is 3.36. The average molecular weight is 303 g/mol. The number of hydrogen-bond acceptors (Lipinski definition) is 3. The molecular formula is C18H29N3O. The summed E-state index contributed by atoms with van der Waals surface area (Å²) in [7, 11) is 2.09. The van der Waals surface area contributed by atoms with Crippen molar-refractivity contribution in [1.82, 2.24) is 10.2 Å². The van der Waals surface area contributed by atoms with Crippen molar-refractivity contribution in [1.29, 1.82) is 0 Å². The summed E-state index contributed by atoms with van der Waals surface area (Å²) < 4.78 is 0. The van der Waals surface area contributed by atoms with Gasteiger partial charge >= 0.3 is 0 Å². The number of carbonyl (C=O) groups excluding carboxylic acids is 1.